The second-order valence-electron chi connectivity index (χ2n) is 3.78. The van der Waals surface area contributed by atoms with Gasteiger partial charge in [0.15, 0.2) is 0 Å². The Kier molecular flexibility index (Phi) is 5.65. The molecule has 2 N–H and O–H groups in total. The second-order valence-corrected chi connectivity index (χ2v) is 5.15. The summed E-state index contributed by atoms with van der Waals surface area (Å²) in [4.78, 5) is 13.8. The fourth-order valence-corrected chi connectivity index (χ4v) is 2.09. The predicted octanol–water partition coefficient (Wildman–Crippen LogP) is 2.75. The van der Waals surface area contributed by atoms with E-state index in [-0.39, 0.29) is 5.91 Å². The average molecular weight is 273 g/mol. The summed E-state index contributed by atoms with van der Waals surface area (Å²) in [5.41, 5.74) is 6.58. The van der Waals surface area contributed by atoms with E-state index in [0.29, 0.717) is 16.3 Å². The normalized spacial score (nSPS) is 10.3. The molecule has 0 spiro atoms. The van der Waals surface area contributed by atoms with Crippen LogP contribution in [-0.4, -0.2) is 36.4 Å². The van der Waals surface area contributed by atoms with Crippen molar-refractivity contribution >= 4 is 35.0 Å². The SMILES string of the molecule is CSCCCN(C)C(=O)c1cccc(N)c1Cl. The zero-order chi connectivity index (χ0) is 12.8. The molecular weight excluding hydrogens is 256 g/mol. The molecule has 1 aromatic carbocycles. The molecule has 5 heteroatoms. The molecule has 0 aliphatic rings. The molecule has 1 rings (SSSR count). The van der Waals surface area contributed by atoms with E-state index in [1.165, 1.54) is 0 Å². The summed E-state index contributed by atoms with van der Waals surface area (Å²) in [6.07, 6.45) is 3.03. The number of halogens is 1. The molecule has 0 radical (unpaired) electrons. The van der Waals surface area contributed by atoms with Gasteiger partial charge >= 0.3 is 0 Å². The number of hydrogen-bond donors (Lipinski definition) is 1. The predicted molar refractivity (Wildman–Crippen MR) is 75.8 cm³/mol. The highest BCUT2D eigenvalue weighted by atomic mass is 35.5. The van der Waals surface area contributed by atoms with Gasteiger partial charge in [-0.05, 0) is 30.6 Å². The summed E-state index contributed by atoms with van der Waals surface area (Å²) < 4.78 is 0. The first-order chi connectivity index (χ1) is 8.07. The summed E-state index contributed by atoms with van der Waals surface area (Å²) >= 11 is 7.79. The quantitative estimate of drug-likeness (QED) is 0.662. The number of carbonyl (C=O) groups is 1. The number of amides is 1. The van der Waals surface area contributed by atoms with Gasteiger partial charge in [0.25, 0.3) is 5.91 Å². The Bertz CT molecular complexity index is 398. The Morgan fingerprint density at radius 2 is 2.24 bits per heavy atom. The van der Waals surface area contributed by atoms with Crippen molar-refractivity contribution in [1.29, 1.82) is 0 Å². The van der Waals surface area contributed by atoms with Crippen molar-refractivity contribution in [2.24, 2.45) is 0 Å². The van der Waals surface area contributed by atoms with E-state index in [9.17, 15) is 4.79 Å². The van der Waals surface area contributed by atoms with Gasteiger partial charge in [-0.2, -0.15) is 11.8 Å². The summed E-state index contributed by atoms with van der Waals surface area (Å²) in [7, 11) is 1.78. The number of thioether (sulfide) groups is 1. The highest BCUT2D eigenvalue weighted by molar-refractivity contribution is 7.98. The molecule has 0 fully saturated rings. The molecule has 0 saturated carbocycles. The lowest BCUT2D eigenvalue weighted by Gasteiger charge is -2.18. The third kappa shape index (κ3) is 3.82. The molecule has 0 aromatic heterocycles. The molecule has 0 bridgehead atoms. The first-order valence-electron chi connectivity index (χ1n) is 5.36. The molecule has 1 amide bonds. The van der Waals surface area contributed by atoms with Crippen LogP contribution in [-0.2, 0) is 0 Å². The highest BCUT2D eigenvalue weighted by Gasteiger charge is 2.15. The van der Waals surface area contributed by atoms with Crippen LogP contribution in [0.25, 0.3) is 0 Å². The van der Waals surface area contributed by atoms with Gasteiger partial charge in [0, 0.05) is 13.6 Å². The molecular formula is C12H17ClN2OS. The van der Waals surface area contributed by atoms with Gasteiger partial charge in [-0.1, -0.05) is 17.7 Å². The number of nitrogens with zero attached hydrogens (tertiary/aromatic N) is 1. The van der Waals surface area contributed by atoms with Gasteiger partial charge in [0.2, 0.25) is 0 Å². The van der Waals surface area contributed by atoms with Gasteiger partial charge < -0.3 is 10.6 Å². The molecule has 0 aliphatic carbocycles. The van der Waals surface area contributed by atoms with Crippen LogP contribution >= 0.6 is 23.4 Å². The van der Waals surface area contributed by atoms with E-state index < -0.39 is 0 Å². The number of rotatable bonds is 5. The van der Waals surface area contributed by atoms with Crippen LogP contribution in [0.5, 0.6) is 0 Å². The van der Waals surface area contributed by atoms with Gasteiger partial charge in [0.05, 0.1) is 16.3 Å². The van der Waals surface area contributed by atoms with Crippen molar-refractivity contribution in [1.82, 2.24) is 4.90 Å². The molecule has 1 aromatic rings. The minimum atomic E-state index is -0.0802. The lowest BCUT2D eigenvalue weighted by molar-refractivity contribution is 0.0796. The molecule has 0 saturated heterocycles. The number of nitrogen functional groups attached to an aromatic ring is 1. The molecule has 3 nitrogen and oxygen atoms in total. The maximum absolute atomic E-state index is 12.1. The van der Waals surface area contributed by atoms with E-state index in [1.807, 2.05) is 0 Å². The Morgan fingerprint density at radius 3 is 2.88 bits per heavy atom. The summed E-state index contributed by atoms with van der Waals surface area (Å²) in [6, 6.07) is 5.13. The van der Waals surface area contributed by atoms with Crippen molar-refractivity contribution in [2.45, 2.75) is 6.42 Å². The molecule has 94 valence electrons. The minimum Gasteiger partial charge on any atom is -0.398 e. The maximum atomic E-state index is 12.1. The van der Waals surface area contributed by atoms with Crippen LogP contribution in [0.4, 0.5) is 5.69 Å². The van der Waals surface area contributed by atoms with E-state index >= 15 is 0 Å². The average Bonchev–Trinajstić information content (AvgIpc) is 2.32. The summed E-state index contributed by atoms with van der Waals surface area (Å²) in [5.74, 6) is 0.964. The number of anilines is 1. The largest absolute Gasteiger partial charge is 0.398 e. The van der Waals surface area contributed by atoms with Crippen LogP contribution in [0.2, 0.25) is 5.02 Å². The zero-order valence-electron chi connectivity index (χ0n) is 10.1. The van der Waals surface area contributed by atoms with Crippen LogP contribution in [0.3, 0.4) is 0 Å². The number of carbonyl (C=O) groups excluding carboxylic acids is 1. The fraction of sp³-hybridized carbons (Fsp3) is 0.417. The minimum absolute atomic E-state index is 0.0802. The Labute approximate surface area is 111 Å². The third-order valence-corrected chi connectivity index (χ3v) is 3.57. The number of benzene rings is 1. The van der Waals surface area contributed by atoms with Gasteiger partial charge in [-0.15, -0.1) is 0 Å². The van der Waals surface area contributed by atoms with E-state index in [2.05, 4.69) is 6.26 Å². The van der Waals surface area contributed by atoms with Crippen LogP contribution in [0, 0.1) is 0 Å². The Hall–Kier alpha value is -0.870. The van der Waals surface area contributed by atoms with Gasteiger partial charge in [-0.25, -0.2) is 0 Å². The maximum Gasteiger partial charge on any atom is 0.255 e. The van der Waals surface area contributed by atoms with E-state index in [4.69, 9.17) is 17.3 Å². The first kappa shape index (κ1) is 14.2. The summed E-state index contributed by atoms with van der Waals surface area (Å²) in [6.45, 7) is 0.727. The summed E-state index contributed by atoms with van der Waals surface area (Å²) in [5, 5.41) is 0.342. The Morgan fingerprint density at radius 1 is 1.53 bits per heavy atom. The zero-order valence-corrected chi connectivity index (χ0v) is 11.6. The van der Waals surface area contributed by atoms with Crippen molar-refractivity contribution in [3.8, 4) is 0 Å². The number of nitrogens with two attached hydrogens (primary N) is 1. The van der Waals surface area contributed by atoms with Crippen molar-refractivity contribution in [2.75, 3.05) is 31.3 Å². The Balaban J connectivity index is 2.71. The van der Waals surface area contributed by atoms with Gasteiger partial charge in [-0.3, -0.25) is 4.79 Å². The van der Waals surface area contributed by atoms with E-state index in [0.717, 1.165) is 18.7 Å². The van der Waals surface area contributed by atoms with Crippen molar-refractivity contribution in [3.63, 3.8) is 0 Å². The molecule has 0 aliphatic heterocycles. The van der Waals surface area contributed by atoms with Crippen molar-refractivity contribution in [3.05, 3.63) is 28.8 Å². The number of hydrogen-bond acceptors (Lipinski definition) is 3. The van der Waals surface area contributed by atoms with Crippen molar-refractivity contribution < 1.29 is 4.79 Å². The lowest BCUT2D eigenvalue weighted by atomic mass is 10.1. The second kappa shape index (κ2) is 6.77. The molecule has 0 atom stereocenters. The standard InChI is InChI=1S/C12H17ClN2OS/c1-15(7-4-8-17-2)12(16)9-5-3-6-10(14)11(9)13/h3,5-6H,4,7-8,14H2,1-2H3. The molecule has 0 unspecified atom stereocenters. The molecule has 0 heterocycles. The monoisotopic (exact) mass is 272 g/mol. The third-order valence-electron chi connectivity index (χ3n) is 2.45. The van der Waals surface area contributed by atoms with Gasteiger partial charge in [0.1, 0.15) is 0 Å². The van der Waals surface area contributed by atoms with Crippen LogP contribution in [0.1, 0.15) is 16.8 Å². The first-order valence-corrected chi connectivity index (χ1v) is 7.13. The molecule has 17 heavy (non-hydrogen) atoms. The van der Waals surface area contributed by atoms with E-state index in [1.54, 1.807) is 41.9 Å². The van der Waals surface area contributed by atoms with Crippen LogP contribution in [0.15, 0.2) is 18.2 Å². The van der Waals surface area contributed by atoms with Crippen LogP contribution < -0.4 is 5.73 Å². The highest BCUT2D eigenvalue weighted by Crippen LogP contribution is 2.24. The smallest absolute Gasteiger partial charge is 0.255 e. The lowest BCUT2D eigenvalue weighted by Crippen LogP contribution is -2.28. The topological polar surface area (TPSA) is 46.3 Å². The fourth-order valence-electron chi connectivity index (χ4n) is 1.47.